The summed E-state index contributed by atoms with van der Waals surface area (Å²) in [5.74, 6) is 0. The van der Waals surface area contributed by atoms with Gasteiger partial charge in [-0.1, -0.05) is 49.4 Å². The number of hydrogen-bond acceptors (Lipinski definition) is 2. The first-order chi connectivity index (χ1) is 13.9. The first kappa shape index (κ1) is 21.0. The summed E-state index contributed by atoms with van der Waals surface area (Å²) in [7, 11) is 2.07. The zero-order chi connectivity index (χ0) is 20.5. The maximum Gasteiger partial charge on any atom is 0.363 e. The van der Waals surface area contributed by atoms with Crippen LogP contribution in [0.5, 0.6) is 0 Å². The molecule has 3 aromatic rings. The van der Waals surface area contributed by atoms with Crippen LogP contribution in [0.15, 0.2) is 45.3 Å². The van der Waals surface area contributed by atoms with Gasteiger partial charge in [-0.05, 0) is 92.3 Å². The first-order valence-corrected chi connectivity index (χ1v) is 12.5. The second kappa shape index (κ2) is 8.86. The van der Waals surface area contributed by atoms with Crippen molar-refractivity contribution in [3.63, 3.8) is 0 Å². The number of halogens is 2. The Morgan fingerprint density at radius 2 is 1.62 bits per heavy atom. The smallest absolute Gasteiger partial charge is 0.214 e. The van der Waals surface area contributed by atoms with Crippen LogP contribution in [-0.2, 0) is 7.05 Å². The normalized spacial score (nSPS) is 16.2. The van der Waals surface area contributed by atoms with Gasteiger partial charge in [0.25, 0.3) is 0 Å². The van der Waals surface area contributed by atoms with Gasteiger partial charge in [0, 0.05) is 14.5 Å². The maximum atomic E-state index is 4.90. The van der Waals surface area contributed by atoms with Gasteiger partial charge in [0.2, 0.25) is 0 Å². The van der Waals surface area contributed by atoms with E-state index in [1.807, 2.05) is 0 Å². The quantitative estimate of drug-likeness (QED) is 0.341. The fraction of sp³-hybridized carbons (Fsp3) is 0.391. The van der Waals surface area contributed by atoms with E-state index in [1.54, 1.807) is 11.3 Å². The molecule has 29 heavy (non-hydrogen) atoms. The number of hydrogen-bond donors (Lipinski definition) is 0. The van der Waals surface area contributed by atoms with Crippen molar-refractivity contribution in [2.45, 2.75) is 52.0 Å². The monoisotopic (exact) mass is 534 g/mol. The van der Waals surface area contributed by atoms with Gasteiger partial charge < -0.3 is 0 Å². The van der Waals surface area contributed by atoms with Gasteiger partial charge in [0.15, 0.2) is 5.01 Å². The Morgan fingerprint density at radius 3 is 2.28 bits per heavy atom. The fourth-order valence-electron chi connectivity index (χ4n) is 4.05. The average molecular weight is 536 g/mol. The Balaban J connectivity index is 1.91. The van der Waals surface area contributed by atoms with E-state index in [1.165, 1.54) is 59.3 Å². The van der Waals surface area contributed by atoms with E-state index in [4.69, 9.17) is 5.10 Å². The molecule has 0 atom stereocenters. The molecule has 1 aliphatic rings. The molecule has 0 spiro atoms. The number of nitrogens with zero attached hydrogens (tertiary/aromatic N) is 3. The van der Waals surface area contributed by atoms with Gasteiger partial charge in [0.1, 0.15) is 18.8 Å². The minimum atomic E-state index is 0.524. The van der Waals surface area contributed by atoms with Crippen molar-refractivity contribution >= 4 is 48.9 Å². The van der Waals surface area contributed by atoms with Crippen LogP contribution in [0.3, 0.4) is 0 Å². The molecule has 0 N–H and O–H groups in total. The van der Waals surface area contributed by atoms with Crippen LogP contribution in [0.4, 0.5) is 5.69 Å². The summed E-state index contributed by atoms with van der Waals surface area (Å²) >= 11 is 9.05. The standard InChI is InChI=1S/C23H26Br2N3S/c1-15-13-17(9-11-20(15)24)22-26-27(3)23(29-22)28(18-7-5-4-6-8-18)19-10-12-21(25)16(2)14-19/h9-14,18H,4-8H2,1-3H3/q+1. The predicted molar refractivity (Wildman–Crippen MR) is 130 cm³/mol. The van der Waals surface area contributed by atoms with Gasteiger partial charge in [0.05, 0.1) is 0 Å². The molecule has 0 bridgehead atoms. The summed E-state index contributed by atoms with van der Waals surface area (Å²) in [5, 5.41) is 5.96. The second-order valence-electron chi connectivity index (χ2n) is 7.87. The largest absolute Gasteiger partial charge is 0.363 e. The lowest BCUT2D eigenvalue weighted by molar-refractivity contribution is 0.367. The number of rotatable bonds is 3. The molecule has 3 nitrogen and oxygen atoms in total. The Morgan fingerprint density at radius 1 is 0.966 bits per heavy atom. The van der Waals surface area contributed by atoms with Gasteiger partial charge in [-0.15, -0.1) is 4.68 Å². The van der Waals surface area contributed by atoms with E-state index >= 15 is 0 Å². The summed E-state index contributed by atoms with van der Waals surface area (Å²) in [6.45, 7) is 4.29. The summed E-state index contributed by atoms with van der Waals surface area (Å²) in [6.07, 6.45) is 6.43. The molecule has 1 fully saturated rings. The lowest BCUT2D eigenvalue weighted by Crippen LogP contribution is -2.39. The Hall–Kier alpha value is -1.24. The number of aryl methyl sites for hydroxylation is 3. The summed E-state index contributed by atoms with van der Waals surface area (Å²) < 4.78 is 6.88. The lowest BCUT2D eigenvalue weighted by Gasteiger charge is -2.23. The van der Waals surface area contributed by atoms with Crippen LogP contribution >= 0.6 is 43.2 Å². The highest BCUT2D eigenvalue weighted by Crippen LogP contribution is 2.28. The van der Waals surface area contributed by atoms with E-state index in [-0.39, 0.29) is 0 Å². The highest BCUT2D eigenvalue weighted by molar-refractivity contribution is 9.10. The van der Waals surface area contributed by atoms with E-state index < -0.39 is 0 Å². The van der Waals surface area contributed by atoms with Crippen LogP contribution in [0.2, 0.25) is 0 Å². The zero-order valence-corrected chi connectivity index (χ0v) is 21.1. The highest BCUT2D eigenvalue weighted by atomic mass is 79.9. The zero-order valence-electron chi connectivity index (χ0n) is 17.1. The maximum absolute atomic E-state index is 4.90. The molecule has 4 rings (SSSR count). The van der Waals surface area contributed by atoms with Gasteiger partial charge >= 0.3 is 4.80 Å². The molecule has 0 radical (unpaired) electrons. The topological polar surface area (TPSA) is 20.8 Å². The number of aromatic nitrogens is 2. The molecule has 6 heteroatoms. The molecular formula is C23H26Br2N3S+. The van der Waals surface area contributed by atoms with Crippen molar-refractivity contribution in [2.75, 3.05) is 0 Å². The van der Waals surface area contributed by atoms with Crippen molar-refractivity contribution in [1.82, 2.24) is 14.4 Å². The molecule has 1 aliphatic carbocycles. The molecular weight excluding hydrogens is 510 g/mol. The van der Waals surface area contributed by atoms with Crippen LogP contribution in [0, 0.1) is 13.8 Å². The Bertz CT molecular complexity index is 1110. The first-order valence-electron chi connectivity index (χ1n) is 10.1. The van der Waals surface area contributed by atoms with Gasteiger partial charge in [-0.3, -0.25) is 0 Å². The van der Waals surface area contributed by atoms with E-state index in [2.05, 4.69) is 98.4 Å². The third-order valence-corrected chi connectivity index (χ3v) is 8.61. The highest BCUT2D eigenvalue weighted by Gasteiger charge is 2.26. The van der Waals surface area contributed by atoms with Crippen molar-refractivity contribution in [3.8, 4) is 10.6 Å². The molecule has 152 valence electrons. The SMILES string of the molecule is Cc1cc(-c2nn(C)c(=[N+](c3ccc(Br)c(C)c3)C3CCCCC3)s2)ccc1Br. The van der Waals surface area contributed by atoms with Crippen LogP contribution in [0.1, 0.15) is 43.2 Å². The molecule has 2 aromatic carbocycles. The molecule has 1 heterocycles. The fourth-order valence-corrected chi connectivity index (χ4v) is 5.65. The Kier molecular flexibility index (Phi) is 6.42. The number of benzene rings is 2. The molecule has 1 aromatic heterocycles. The molecule has 0 saturated heterocycles. The molecule has 0 aliphatic heterocycles. The molecule has 0 amide bonds. The van der Waals surface area contributed by atoms with Crippen LogP contribution in [0.25, 0.3) is 10.6 Å². The summed E-state index contributed by atoms with van der Waals surface area (Å²) in [5.41, 5.74) is 4.93. The average Bonchev–Trinajstić information content (AvgIpc) is 3.09. The van der Waals surface area contributed by atoms with Crippen LogP contribution < -0.4 is 9.38 Å². The van der Waals surface area contributed by atoms with Crippen LogP contribution in [-0.4, -0.2) is 15.8 Å². The van der Waals surface area contributed by atoms with Crippen molar-refractivity contribution in [1.29, 1.82) is 0 Å². The van der Waals surface area contributed by atoms with E-state index in [0.29, 0.717) is 6.04 Å². The van der Waals surface area contributed by atoms with E-state index in [9.17, 15) is 0 Å². The van der Waals surface area contributed by atoms with E-state index in [0.717, 1.165) is 14.0 Å². The second-order valence-corrected chi connectivity index (χ2v) is 10.5. The molecule has 1 saturated carbocycles. The lowest BCUT2D eigenvalue weighted by atomic mass is 9.94. The van der Waals surface area contributed by atoms with Crippen molar-refractivity contribution in [3.05, 3.63) is 61.3 Å². The van der Waals surface area contributed by atoms with Crippen molar-refractivity contribution < 1.29 is 0 Å². The predicted octanol–water partition coefficient (Wildman–Crippen LogP) is 6.73. The molecule has 0 unspecified atom stereocenters. The van der Waals surface area contributed by atoms with Gasteiger partial charge in [-0.25, -0.2) is 4.58 Å². The third kappa shape index (κ3) is 4.44. The summed E-state index contributed by atoms with van der Waals surface area (Å²) in [6, 6.07) is 13.7. The minimum Gasteiger partial charge on any atom is -0.214 e. The van der Waals surface area contributed by atoms with Crippen molar-refractivity contribution in [2.24, 2.45) is 7.05 Å². The Labute approximate surface area is 193 Å². The minimum absolute atomic E-state index is 0.524. The summed E-state index contributed by atoms with van der Waals surface area (Å²) in [4.78, 5) is 1.20. The van der Waals surface area contributed by atoms with Gasteiger partial charge in [-0.2, -0.15) is 0 Å². The third-order valence-electron chi connectivity index (χ3n) is 5.68.